The average molecular weight is 386 g/mol. The summed E-state index contributed by atoms with van der Waals surface area (Å²) in [6.45, 7) is 5.66. The number of hydrogen-bond acceptors (Lipinski definition) is 4. The van der Waals surface area contributed by atoms with E-state index < -0.39 is 10.0 Å². The molecule has 0 radical (unpaired) electrons. The lowest BCUT2D eigenvalue weighted by Crippen LogP contribution is -2.27. The molecule has 6 nitrogen and oxygen atoms in total. The summed E-state index contributed by atoms with van der Waals surface area (Å²) in [5, 5.41) is 0.861. The molecule has 27 heavy (non-hydrogen) atoms. The number of aromatic amines is 1. The minimum absolute atomic E-state index is 0.0497. The van der Waals surface area contributed by atoms with Crippen molar-refractivity contribution in [3.63, 3.8) is 0 Å². The summed E-state index contributed by atoms with van der Waals surface area (Å²) in [6, 6.07) is 10.5. The molecule has 0 spiro atoms. The van der Waals surface area contributed by atoms with Crippen LogP contribution in [0.5, 0.6) is 5.75 Å². The maximum absolute atomic E-state index is 12.7. The molecule has 1 heterocycles. The molecule has 0 fully saturated rings. The average Bonchev–Trinajstić information content (AvgIpc) is 2.61. The Hall–Kier alpha value is -2.64. The fourth-order valence-electron chi connectivity index (χ4n) is 2.90. The van der Waals surface area contributed by atoms with Crippen LogP contribution in [0.4, 0.5) is 0 Å². The van der Waals surface area contributed by atoms with E-state index in [-0.39, 0.29) is 22.7 Å². The Balaban J connectivity index is 1.94. The van der Waals surface area contributed by atoms with Gasteiger partial charge in [-0.15, -0.1) is 0 Å². The van der Waals surface area contributed by atoms with Gasteiger partial charge in [-0.25, -0.2) is 13.1 Å². The van der Waals surface area contributed by atoms with Crippen molar-refractivity contribution in [1.29, 1.82) is 0 Å². The molecule has 7 heteroatoms. The molecule has 0 unspecified atom stereocenters. The number of nitrogens with one attached hydrogen (secondary N) is 2. The first kappa shape index (κ1) is 19.1. The van der Waals surface area contributed by atoms with Gasteiger partial charge in [0.05, 0.1) is 7.11 Å². The third-order valence-electron chi connectivity index (χ3n) is 4.60. The number of ether oxygens (including phenoxy) is 1. The molecule has 0 aliphatic heterocycles. The molecule has 0 atom stereocenters. The van der Waals surface area contributed by atoms with E-state index in [1.165, 1.54) is 13.2 Å². The first-order valence-corrected chi connectivity index (χ1v) is 9.97. The highest BCUT2D eigenvalue weighted by Gasteiger charge is 2.20. The van der Waals surface area contributed by atoms with E-state index in [2.05, 4.69) is 9.71 Å². The number of pyridine rings is 1. The third kappa shape index (κ3) is 3.89. The number of fused-ring (bicyclic) bond motifs is 1. The maximum Gasteiger partial charge on any atom is 0.252 e. The largest absolute Gasteiger partial charge is 0.495 e. The van der Waals surface area contributed by atoms with Crippen molar-refractivity contribution in [3.8, 4) is 5.75 Å². The minimum atomic E-state index is -3.84. The van der Waals surface area contributed by atoms with Crippen molar-refractivity contribution >= 4 is 20.9 Å². The summed E-state index contributed by atoms with van der Waals surface area (Å²) in [4.78, 5) is 15.2. The highest BCUT2D eigenvalue weighted by molar-refractivity contribution is 7.89. The van der Waals surface area contributed by atoms with Crippen LogP contribution >= 0.6 is 0 Å². The lowest BCUT2D eigenvalue weighted by molar-refractivity contribution is 0.402. The maximum atomic E-state index is 12.7. The second-order valence-electron chi connectivity index (χ2n) is 6.63. The molecule has 2 N–H and O–H groups in total. The quantitative estimate of drug-likeness (QED) is 0.706. The van der Waals surface area contributed by atoms with Crippen molar-refractivity contribution in [2.24, 2.45) is 0 Å². The Labute approximate surface area is 158 Å². The predicted octanol–water partition coefficient (Wildman–Crippen LogP) is 2.94. The molecule has 2 aromatic carbocycles. The topological polar surface area (TPSA) is 88.3 Å². The van der Waals surface area contributed by atoms with Crippen LogP contribution in [0.25, 0.3) is 10.9 Å². The molecular formula is C20H22N2O4S. The fourth-order valence-corrected chi connectivity index (χ4v) is 4.16. The van der Waals surface area contributed by atoms with Gasteiger partial charge in [-0.1, -0.05) is 6.07 Å². The van der Waals surface area contributed by atoms with Gasteiger partial charge in [0.1, 0.15) is 10.6 Å². The Morgan fingerprint density at radius 1 is 1.04 bits per heavy atom. The van der Waals surface area contributed by atoms with Gasteiger partial charge in [-0.2, -0.15) is 0 Å². The Morgan fingerprint density at radius 2 is 1.74 bits per heavy atom. The van der Waals surface area contributed by atoms with Gasteiger partial charge >= 0.3 is 0 Å². The number of rotatable bonds is 5. The van der Waals surface area contributed by atoms with Gasteiger partial charge in [-0.3, -0.25) is 4.79 Å². The molecule has 142 valence electrons. The predicted molar refractivity (Wildman–Crippen MR) is 106 cm³/mol. The van der Waals surface area contributed by atoms with Crippen LogP contribution in [0, 0.1) is 20.8 Å². The molecule has 0 saturated heterocycles. The van der Waals surface area contributed by atoms with E-state index in [0.29, 0.717) is 5.56 Å². The SMILES string of the molecule is COc1ccc(C)cc1S(=O)(=O)NCc1cc2cc(C)c(C)cc2[nH]c1=O. The minimum Gasteiger partial charge on any atom is -0.495 e. The van der Waals surface area contributed by atoms with Crippen LogP contribution in [-0.4, -0.2) is 20.5 Å². The number of sulfonamides is 1. The number of methoxy groups -OCH3 is 1. The monoisotopic (exact) mass is 386 g/mol. The van der Waals surface area contributed by atoms with Gasteiger partial charge in [0.25, 0.3) is 5.56 Å². The first-order chi connectivity index (χ1) is 12.7. The third-order valence-corrected chi connectivity index (χ3v) is 6.02. The summed E-state index contributed by atoms with van der Waals surface area (Å²) in [5.41, 5.74) is 3.75. The summed E-state index contributed by atoms with van der Waals surface area (Å²) in [7, 11) is -2.42. The van der Waals surface area contributed by atoms with Crippen molar-refractivity contribution in [2.45, 2.75) is 32.2 Å². The molecular weight excluding hydrogens is 364 g/mol. The zero-order valence-corrected chi connectivity index (χ0v) is 16.5. The number of aromatic nitrogens is 1. The van der Waals surface area contributed by atoms with Gasteiger partial charge < -0.3 is 9.72 Å². The molecule has 3 rings (SSSR count). The van der Waals surface area contributed by atoms with E-state index in [9.17, 15) is 13.2 Å². The van der Waals surface area contributed by atoms with Gasteiger partial charge in [0, 0.05) is 17.6 Å². The normalized spacial score (nSPS) is 11.7. The first-order valence-electron chi connectivity index (χ1n) is 8.49. The molecule has 0 aliphatic carbocycles. The fraction of sp³-hybridized carbons (Fsp3) is 0.250. The molecule has 0 aliphatic rings. The van der Waals surface area contributed by atoms with Crippen LogP contribution in [0.3, 0.4) is 0 Å². The number of hydrogen-bond donors (Lipinski definition) is 2. The zero-order valence-electron chi connectivity index (χ0n) is 15.7. The van der Waals surface area contributed by atoms with Crippen LogP contribution in [0.2, 0.25) is 0 Å². The second kappa shape index (κ2) is 7.17. The summed E-state index contributed by atoms with van der Waals surface area (Å²) >= 11 is 0. The summed E-state index contributed by atoms with van der Waals surface area (Å²) in [5.74, 6) is 0.256. The van der Waals surface area contributed by atoms with Crippen LogP contribution < -0.4 is 15.0 Å². The number of benzene rings is 2. The zero-order chi connectivity index (χ0) is 19.8. The van der Waals surface area contributed by atoms with Crippen molar-refractivity contribution in [1.82, 2.24) is 9.71 Å². The van der Waals surface area contributed by atoms with Crippen LogP contribution in [-0.2, 0) is 16.6 Å². The number of aryl methyl sites for hydroxylation is 3. The highest BCUT2D eigenvalue weighted by atomic mass is 32.2. The Kier molecular flexibility index (Phi) is 5.08. The molecule has 0 bridgehead atoms. The summed E-state index contributed by atoms with van der Waals surface area (Å²) < 4.78 is 33.1. The lowest BCUT2D eigenvalue weighted by atomic mass is 10.1. The Morgan fingerprint density at radius 3 is 2.44 bits per heavy atom. The summed E-state index contributed by atoms with van der Waals surface area (Å²) in [6.07, 6.45) is 0. The van der Waals surface area contributed by atoms with Crippen LogP contribution in [0.1, 0.15) is 22.3 Å². The molecule has 3 aromatic rings. The van der Waals surface area contributed by atoms with Gasteiger partial charge in [-0.05, 0) is 73.2 Å². The standard InChI is InChI=1S/C20H22N2O4S/c1-12-5-6-18(26-4)19(7-12)27(24,25)21-11-16-10-15-8-13(2)14(3)9-17(15)22-20(16)23/h5-10,21H,11H2,1-4H3,(H,22,23). The van der Waals surface area contributed by atoms with E-state index in [0.717, 1.165) is 27.6 Å². The van der Waals surface area contributed by atoms with E-state index in [1.807, 2.05) is 26.0 Å². The number of H-pyrrole nitrogens is 1. The molecule has 1 aromatic heterocycles. The van der Waals surface area contributed by atoms with Gasteiger partial charge in [0.2, 0.25) is 10.0 Å². The highest BCUT2D eigenvalue weighted by Crippen LogP contribution is 2.24. The van der Waals surface area contributed by atoms with Crippen molar-refractivity contribution in [3.05, 3.63) is 69.0 Å². The van der Waals surface area contributed by atoms with E-state index in [1.54, 1.807) is 25.1 Å². The van der Waals surface area contributed by atoms with E-state index in [4.69, 9.17) is 4.74 Å². The van der Waals surface area contributed by atoms with E-state index >= 15 is 0 Å². The van der Waals surface area contributed by atoms with Crippen LogP contribution in [0.15, 0.2) is 46.1 Å². The molecule has 0 saturated carbocycles. The van der Waals surface area contributed by atoms with Crippen molar-refractivity contribution < 1.29 is 13.2 Å². The lowest BCUT2D eigenvalue weighted by Gasteiger charge is -2.12. The second-order valence-corrected chi connectivity index (χ2v) is 8.36. The smallest absolute Gasteiger partial charge is 0.252 e. The van der Waals surface area contributed by atoms with Crippen molar-refractivity contribution in [2.75, 3.05) is 7.11 Å². The Bertz CT molecular complexity index is 1180. The van der Waals surface area contributed by atoms with Gasteiger partial charge in [0.15, 0.2) is 0 Å². The molecule has 0 amide bonds.